The lowest BCUT2D eigenvalue weighted by molar-refractivity contribution is -0.122. The van der Waals surface area contributed by atoms with Gasteiger partial charge in [0, 0.05) is 12.4 Å². The molecule has 29 heavy (non-hydrogen) atoms. The zero-order chi connectivity index (χ0) is 20.7. The normalized spacial score (nSPS) is 18.5. The molecular weight excluding hydrogens is 392 g/mol. The van der Waals surface area contributed by atoms with E-state index in [9.17, 15) is 9.59 Å². The fourth-order valence-electron chi connectivity index (χ4n) is 3.46. The Kier molecular flexibility index (Phi) is 4.94. The molecule has 3 amide bonds. The summed E-state index contributed by atoms with van der Waals surface area (Å²) < 4.78 is 5.16. The van der Waals surface area contributed by atoms with E-state index in [2.05, 4.69) is 5.43 Å². The Balaban J connectivity index is 1.56. The van der Waals surface area contributed by atoms with Crippen LogP contribution in [0.1, 0.15) is 16.7 Å². The van der Waals surface area contributed by atoms with Crippen molar-refractivity contribution in [2.75, 3.05) is 12.0 Å². The molecular formula is C21H21ClN4O3. The highest BCUT2D eigenvalue weighted by Crippen LogP contribution is 2.31. The number of hydrazine groups is 1. The summed E-state index contributed by atoms with van der Waals surface area (Å²) in [5, 5.41) is 1.87. The summed E-state index contributed by atoms with van der Waals surface area (Å²) in [6, 6.07) is 10.9. The Morgan fingerprint density at radius 2 is 1.90 bits per heavy atom. The quantitative estimate of drug-likeness (QED) is 0.834. The number of fused-ring (bicyclic) bond motifs is 1. The maximum absolute atomic E-state index is 13.1. The van der Waals surface area contributed by atoms with Gasteiger partial charge in [0.2, 0.25) is 0 Å². The second-order valence-corrected chi connectivity index (χ2v) is 7.47. The molecule has 7 nitrogen and oxygen atoms in total. The SMILES string of the molecule is COc1ccc(N2C=CN3C(=O)N(Cc4cc(C)ccc4C)NC3C2=O)cc1Cl. The molecule has 2 aliphatic rings. The molecule has 0 spiro atoms. The van der Waals surface area contributed by atoms with Gasteiger partial charge in [0.15, 0.2) is 6.17 Å². The maximum Gasteiger partial charge on any atom is 0.340 e. The largest absolute Gasteiger partial charge is 0.495 e. The number of hydrogen-bond acceptors (Lipinski definition) is 4. The number of aryl methyl sites for hydroxylation is 2. The van der Waals surface area contributed by atoms with Gasteiger partial charge in [-0.05, 0) is 43.2 Å². The minimum atomic E-state index is -0.807. The Labute approximate surface area is 174 Å². The number of ether oxygens (including phenoxy) is 1. The second-order valence-electron chi connectivity index (χ2n) is 7.06. The van der Waals surface area contributed by atoms with Gasteiger partial charge >= 0.3 is 6.03 Å². The molecule has 2 aromatic carbocycles. The van der Waals surface area contributed by atoms with E-state index in [0.717, 1.165) is 16.7 Å². The maximum atomic E-state index is 13.1. The molecule has 1 fully saturated rings. The molecule has 2 heterocycles. The second kappa shape index (κ2) is 7.42. The third kappa shape index (κ3) is 3.43. The number of nitrogens with one attached hydrogen (secondary N) is 1. The Hall–Kier alpha value is -3.03. The number of amides is 3. The van der Waals surface area contributed by atoms with Gasteiger partial charge in [-0.1, -0.05) is 35.4 Å². The van der Waals surface area contributed by atoms with E-state index in [4.69, 9.17) is 16.3 Å². The van der Waals surface area contributed by atoms with Gasteiger partial charge < -0.3 is 4.74 Å². The summed E-state index contributed by atoms with van der Waals surface area (Å²) in [5.41, 5.74) is 6.87. The summed E-state index contributed by atoms with van der Waals surface area (Å²) >= 11 is 6.20. The molecule has 150 valence electrons. The lowest BCUT2D eigenvalue weighted by atomic mass is 10.1. The number of anilines is 1. The number of nitrogens with zero attached hydrogens (tertiary/aromatic N) is 3. The predicted octanol–water partition coefficient (Wildman–Crippen LogP) is 3.55. The number of benzene rings is 2. The highest BCUT2D eigenvalue weighted by Gasteiger charge is 2.44. The predicted molar refractivity (Wildman–Crippen MR) is 110 cm³/mol. The van der Waals surface area contributed by atoms with Gasteiger partial charge in [-0.25, -0.2) is 4.79 Å². The van der Waals surface area contributed by atoms with Crippen LogP contribution >= 0.6 is 11.6 Å². The first kappa shape index (κ1) is 19.3. The Morgan fingerprint density at radius 3 is 2.62 bits per heavy atom. The first-order valence-corrected chi connectivity index (χ1v) is 9.54. The highest BCUT2D eigenvalue weighted by atomic mass is 35.5. The van der Waals surface area contributed by atoms with Crippen molar-refractivity contribution in [2.45, 2.75) is 26.6 Å². The van der Waals surface area contributed by atoms with Crippen molar-refractivity contribution in [1.29, 1.82) is 0 Å². The average Bonchev–Trinajstić information content (AvgIpc) is 3.02. The highest BCUT2D eigenvalue weighted by molar-refractivity contribution is 6.32. The molecule has 0 aliphatic carbocycles. The van der Waals surface area contributed by atoms with Crippen LogP contribution in [0.2, 0.25) is 5.02 Å². The fraction of sp³-hybridized carbons (Fsp3) is 0.238. The van der Waals surface area contributed by atoms with Crippen molar-refractivity contribution in [3.63, 3.8) is 0 Å². The van der Waals surface area contributed by atoms with E-state index in [1.165, 1.54) is 21.9 Å². The van der Waals surface area contributed by atoms with Crippen LogP contribution in [-0.2, 0) is 11.3 Å². The molecule has 8 heteroatoms. The first-order valence-electron chi connectivity index (χ1n) is 9.16. The van der Waals surface area contributed by atoms with Gasteiger partial charge in [0.05, 0.1) is 24.4 Å². The molecule has 1 unspecified atom stereocenters. The summed E-state index contributed by atoms with van der Waals surface area (Å²) in [5.74, 6) is 0.255. The van der Waals surface area contributed by atoms with Crippen LogP contribution in [0.25, 0.3) is 0 Å². The molecule has 2 aromatic rings. The van der Waals surface area contributed by atoms with Crippen molar-refractivity contribution in [3.8, 4) is 5.75 Å². The zero-order valence-corrected chi connectivity index (χ0v) is 17.1. The first-order chi connectivity index (χ1) is 13.9. The summed E-state index contributed by atoms with van der Waals surface area (Å²) in [6.45, 7) is 4.38. The van der Waals surface area contributed by atoms with Crippen LogP contribution in [0.4, 0.5) is 10.5 Å². The summed E-state index contributed by atoms with van der Waals surface area (Å²) in [6.07, 6.45) is 2.36. The van der Waals surface area contributed by atoms with Crippen LogP contribution in [0.15, 0.2) is 48.8 Å². The van der Waals surface area contributed by atoms with Crippen LogP contribution in [0.5, 0.6) is 5.75 Å². The van der Waals surface area contributed by atoms with E-state index < -0.39 is 6.17 Å². The lowest BCUT2D eigenvalue weighted by Crippen LogP contribution is -2.51. The minimum absolute atomic E-state index is 0.270. The number of carbonyl (C=O) groups excluding carboxylic acids is 2. The Morgan fingerprint density at radius 1 is 1.10 bits per heavy atom. The third-order valence-corrected chi connectivity index (χ3v) is 5.40. The molecule has 2 aliphatic heterocycles. The van der Waals surface area contributed by atoms with Crippen molar-refractivity contribution >= 4 is 29.2 Å². The number of halogens is 1. The number of urea groups is 1. The number of hydrogen-bond donors (Lipinski definition) is 1. The number of carbonyl (C=O) groups is 2. The van der Waals surface area contributed by atoms with Crippen LogP contribution < -0.4 is 15.1 Å². The lowest BCUT2D eigenvalue weighted by Gasteiger charge is -2.29. The number of rotatable bonds is 4. The van der Waals surface area contributed by atoms with E-state index >= 15 is 0 Å². The van der Waals surface area contributed by atoms with Crippen molar-refractivity contribution in [1.82, 2.24) is 15.3 Å². The van der Waals surface area contributed by atoms with Crippen LogP contribution in [0, 0.1) is 13.8 Å². The summed E-state index contributed by atoms with van der Waals surface area (Å²) in [7, 11) is 1.53. The summed E-state index contributed by atoms with van der Waals surface area (Å²) in [4.78, 5) is 28.7. The molecule has 4 rings (SSSR count). The van der Waals surface area contributed by atoms with Crippen molar-refractivity contribution < 1.29 is 14.3 Å². The van der Waals surface area contributed by atoms with Gasteiger partial charge in [-0.2, -0.15) is 5.43 Å². The fourth-order valence-corrected chi connectivity index (χ4v) is 3.71. The molecule has 0 aromatic heterocycles. The van der Waals surface area contributed by atoms with Gasteiger partial charge in [-0.3, -0.25) is 19.6 Å². The van der Waals surface area contributed by atoms with Gasteiger partial charge in [0.1, 0.15) is 5.75 Å². The molecule has 0 saturated carbocycles. The molecule has 1 atom stereocenters. The van der Waals surface area contributed by atoms with Crippen molar-refractivity contribution in [3.05, 3.63) is 70.5 Å². The standard InChI is InChI=1S/C21H21ClN4O3/c1-13-4-5-14(2)15(10-13)12-26-21(28)25-9-8-24(20(27)19(25)23-26)16-6-7-18(29-3)17(22)11-16/h4-11,19,23H,12H2,1-3H3. The van der Waals surface area contributed by atoms with E-state index in [1.54, 1.807) is 30.6 Å². The molecule has 0 bridgehead atoms. The topological polar surface area (TPSA) is 65.1 Å². The minimum Gasteiger partial charge on any atom is -0.495 e. The monoisotopic (exact) mass is 412 g/mol. The van der Waals surface area contributed by atoms with E-state index in [-0.39, 0.29) is 11.9 Å². The average molecular weight is 413 g/mol. The van der Waals surface area contributed by atoms with E-state index in [1.807, 2.05) is 32.0 Å². The molecule has 0 radical (unpaired) electrons. The van der Waals surface area contributed by atoms with Crippen LogP contribution in [0.3, 0.4) is 0 Å². The zero-order valence-electron chi connectivity index (χ0n) is 16.3. The Bertz CT molecular complexity index is 1020. The van der Waals surface area contributed by atoms with Gasteiger partial charge in [0.25, 0.3) is 5.91 Å². The molecule has 1 saturated heterocycles. The van der Waals surface area contributed by atoms with Gasteiger partial charge in [-0.15, -0.1) is 0 Å². The smallest absolute Gasteiger partial charge is 0.340 e. The third-order valence-electron chi connectivity index (χ3n) is 5.10. The number of methoxy groups -OCH3 is 1. The molecule has 1 N–H and O–H groups in total. The van der Waals surface area contributed by atoms with Crippen molar-refractivity contribution in [2.24, 2.45) is 0 Å². The van der Waals surface area contributed by atoms with E-state index in [0.29, 0.717) is 23.0 Å². The van der Waals surface area contributed by atoms with Crippen LogP contribution in [-0.4, -0.2) is 35.1 Å².